The number of hydrogen-bond acceptors (Lipinski definition) is 4. The molecule has 2 saturated heterocycles. The van der Waals surface area contributed by atoms with Crippen molar-refractivity contribution in [2.75, 3.05) is 39.3 Å². The Morgan fingerprint density at radius 3 is 2.77 bits per heavy atom. The van der Waals surface area contributed by atoms with Crippen LogP contribution in [0.3, 0.4) is 0 Å². The van der Waals surface area contributed by atoms with E-state index in [0.29, 0.717) is 30.9 Å². The van der Waals surface area contributed by atoms with E-state index in [2.05, 4.69) is 10.2 Å². The molecule has 2 amide bonds. The molecular weight excluding hydrogens is 330 g/mol. The van der Waals surface area contributed by atoms with E-state index >= 15 is 0 Å². The Hall–Kier alpha value is -2.08. The predicted molar refractivity (Wildman–Crippen MR) is 98.2 cm³/mol. The van der Waals surface area contributed by atoms with Gasteiger partial charge in [0.1, 0.15) is 11.4 Å². The summed E-state index contributed by atoms with van der Waals surface area (Å²) in [5, 5.41) is 3.01. The number of rotatable bonds is 2. The van der Waals surface area contributed by atoms with Crippen molar-refractivity contribution in [3.8, 4) is 5.75 Å². The summed E-state index contributed by atoms with van der Waals surface area (Å²) in [5.41, 5.74) is 0.133. The number of nitrogens with zero attached hydrogens (tertiary/aromatic N) is 2. The molecule has 1 atom stereocenters. The molecule has 1 spiro atoms. The summed E-state index contributed by atoms with van der Waals surface area (Å²) in [6.45, 7) is 4.27. The van der Waals surface area contributed by atoms with E-state index in [1.165, 1.54) is 6.42 Å². The first-order valence-corrected chi connectivity index (χ1v) is 9.72. The highest BCUT2D eigenvalue weighted by atomic mass is 16.5. The molecule has 0 radical (unpaired) electrons. The van der Waals surface area contributed by atoms with Gasteiger partial charge in [-0.2, -0.15) is 0 Å². The van der Waals surface area contributed by atoms with Crippen LogP contribution in [-0.4, -0.2) is 66.5 Å². The van der Waals surface area contributed by atoms with E-state index in [0.717, 1.165) is 45.3 Å². The van der Waals surface area contributed by atoms with E-state index in [1.54, 1.807) is 6.07 Å². The van der Waals surface area contributed by atoms with Crippen LogP contribution in [0.4, 0.5) is 0 Å². The zero-order valence-electron chi connectivity index (χ0n) is 15.2. The molecule has 1 aromatic rings. The first kappa shape index (κ1) is 17.3. The highest BCUT2D eigenvalue weighted by Gasteiger charge is 2.41. The molecular formula is C20H27N3O3. The zero-order valence-corrected chi connectivity index (χ0v) is 15.2. The van der Waals surface area contributed by atoms with Gasteiger partial charge in [-0.1, -0.05) is 12.1 Å². The molecule has 1 N–H and O–H groups in total. The Morgan fingerprint density at radius 2 is 1.92 bits per heavy atom. The van der Waals surface area contributed by atoms with Gasteiger partial charge in [0.25, 0.3) is 5.91 Å². The molecule has 0 saturated carbocycles. The largest absolute Gasteiger partial charge is 0.483 e. The van der Waals surface area contributed by atoms with Crippen molar-refractivity contribution in [3.63, 3.8) is 0 Å². The highest BCUT2D eigenvalue weighted by Crippen LogP contribution is 2.32. The first-order chi connectivity index (χ1) is 12.7. The van der Waals surface area contributed by atoms with Crippen LogP contribution in [0.5, 0.6) is 5.75 Å². The van der Waals surface area contributed by atoms with Crippen molar-refractivity contribution in [1.82, 2.24) is 15.1 Å². The fourth-order valence-corrected chi connectivity index (χ4v) is 4.34. The van der Waals surface area contributed by atoms with E-state index < -0.39 is 5.60 Å². The van der Waals surface area contributed by atoms with Crippen molar-refractivity contribution in [1.29, 1.82) is 0 Å². The van der Waals surface area contributed by atoms with Crippen LogP contribution in [0.1, 0.15) is 42.5 Å². The Balaban J connectivity index is 1.46. The zero-order chi connectivity index (χ0) is 18.0. The molecule has 6 nitrogen and oxygen atoms in total. The Labute approximate surface area is 154 Å². The lowest BCUT2D eigenvalue weighted by Crippen LogP contribution is -2.58. The third-order valence-corrected chi connectivity index (χ3v) is 5.72. The van der Waals surface area contributed by atoms with Gasteiger partial charge >= 0.3 is 0 Å². The number of hydrogen-bond donors (Lipinski definition) is 1. The lowest BCUT2D eigenvalue weighted by atomic mass is 9.92. The molecule has 26 heavy (non-hydrogen) atoms. The van der Waals surface area contributed by atoms with Crippen molar-refractivity contribution in [2.45, 2.75) is 37.7 Å². The van der Waals surface area contributed by atoms with Gasteiger partial charge in [-0.3, -0.25) is 14.5 Å². The number of amides is 2. The van der Waals surface area contributed by atoms with Crippen LogP contribution in [0, 0.1) is 0 Å². The number of fused-ring (bicyclic) bond motifs is 1. The van der Waals surface area contributed by atoms with Crippen LogP contribution in [0.25, 0.3) is 0 Å². The topological polar surface area (TPSA) is 61.9 Å². The number of para-hydroxylation sites is 1. The molecule has 0 aromatic heterocycles. The summed E-state index contributed by atoms with van der Waals surface area (Å²) in [5.74, 6) is 0.783. The first-order valence-electron chi connectivity index (χ1n) is 9.72. The second-order valence-electron chi connectivity index (χ2n) is 7.72. The minimum Gasteiger partial charge on any atom is -0.483 e. The molecule has 6 heteroatoms. The van der Waals surface area contributed by atoms with Gasteiger partial charge in [-0.25, -0.2) is 0 Å². The summed E-state index contributed by atoms with van der Waals surface area (Å²) in [4.78, 5) is 29.2. The quantitative estimate of drug-likeness (QED) is 0.874. The van der Waals surface area contributed by atoms with Gasteiger partial charge in [0.2, 0.25) is 5.91 Å². The van der Waals surface area contributed by atoms with Crippen LogP contribution in [0.2, 0.25) is 0 Å². The number of benzene rings is 1. The summed E-state index contributed by atoms with van der Waals surface area (Å²) in [6, 6.07) is 7.40. The number of piperidine rings is 2. The average Bonchev–Trinajstić information content (AvgIpc) is 2.80. The van der Waals surface area contributed by atoms with Gasteiger partial charge in [0, 0.05) is 19.6 Å². The number of nitrogens with one attached hydrogen (secondary N) is 1. The van der Waals surface area contributed by atoms with E-state index in [-0.39, 0.29) is 11.8 Å². The Morgan fingerprint density at radius 1 is 1.12 bits per heavy atom. The van der Waals surface area contributed by atoms with Gasteiger partial charge < -0.3 is 15.0 Å². The predicted octanol–water partition coefficient (Wildman–Crippen LogP) is 1.66. The van der Waals surface area contributed by atoms with Gasteiger partial charge in [0.05, 0.1) is 18.7 Å². The molecule has 1 unspecified atom stereocenters. The average molecular weight is 357 g/mol. The SMILES string of the molecule is O=C1NCC2(CCCN(CC(=O)N3CCCCC3)C2)Oc2ccccc21. The molecule has 0 aliphatic carbocycles. The number of carbonyl (C=O) groups excluding carboxylic acids is 2. The second-order valence-corrected chi connectivity index (χ2v) is 7.72. The fourth-order valence-electron chi connectivity index (χ4n) is 4.34. The third kappa shape index (κ3) is 3.56. The van der Waals surface area contributed by atoms with Gasteiger partial charge in [-0.05, 0) is 50.8 Å². The lowest BCUT2D eigenvalue weighted by molar-refractivity contribution is -0.134. The van der Waals surface area contributed by atoms with Crippen molar-refractivity contribution >= 4 is 11.8 Å². The maximum atomic E-state index is 12.6. The minimum atomic E-state index is -0.456. The molecule has 0 bridgehead atoms. The van der Waals surface area contributed by atoms with Gasteiger partial charge in [0.15, 0.2) is 0 Å². The summed E-state index contributed by atoms with van der Waals surface area (Å²) in [7, 11) is 0. The second kappa shape index (κ2) is 7.27. The summed E-state index contributed by atoms with van der Waals surface area (Å²) in [6.07, 6.45) is 5.30. The normalized spacial score (nSPS) is 26.6. The third-order valence-electron chi connectivity index (χ3n) is 5.72. The van der Waals surface area contributed by atoms with E-state index in [9.17, 15) is 9.59 Å². The van der Waals surface area contributed by atoms with Crippen LogP contribution >= 0.6 is 0 Å². The van der Waals surface area contributed by atoms with E-state index in [4.69, 9.17) is 4.74 Å². The summed E-state index contributed by atoms with van der Waals surface area (Å²) >= 11 is 0. The number of carbonyl (C=O) groups is 2. The lowest BCUT2D eigenvalue weighted by Gasteiger charge is -2.42. The maximum absolute atomic E-state index is 12.6. The van der Waals surface area contributed by atoms with Crippen LogP contribution in [-0.2, 0) is 4.79 Å². The smallest absolute Gasteiger partial charge is 0.255 e. The highest BCUT2D eigenvalue weighted by molar-refractivity contribution is 5.97. The Bertz CT molecular complexity index is 687. The van der Waals surface area contributed by atoms with Gasteiger partial charge in [-0.15, -0.1) is 0 Å². The molecule has 3 heterocycles. The molecule has 2 fully saturated rings. The fraction of sp³-hybridized carbons (Fsp3) is 0.600. The van der Waals surface area contributed by atoms with E-state index in [1.807, 2.05) is 23.1 Å². The van der Waals surface area contributed by atoms with Crippen LogP contribution < -0.4 is 10.1 Å². The van der Waals surface area contributed by atoms with Crippen molar-refractivity contribution in [3.05, 3.63) is 29.8 Å². The minimum absolute atomic E-state index is 0.0843. The monoisotopic (exact) mass is 357 g/mol. The Kier molecular flexibility index (Phi) is 4.85. The molecule has 3 aliphatic rings. The number of likely N-dealkylation sites (tertiary alicyclic amines) is 2. The molecule has 4 rings (SSSR count). The standard InChI is InChI=1S/C20H27N3O3/c24-18(23-11-4-1-5-12-23)13-22-10-6-9-20(15-22)14-21-19(25)16-7-2-3-8-17(16)26-20/h2-3,7-8H,1,4-6,9-15H2,(H,21,25). The molecule has 1 aromatic carbocycles. The molecule has 140 valence electrons. The van der Waals surface area contributed by atoms with Crippen LogP contribution in [0.15, 0.2) is 24.3 Å². The molecule has 3 aliphatic heterocycles. The van der Waals surface area contributed by atoms with Crippen molar-refractivity contribution < 1.29 is 14.3 Å². The van der Waals surface area contributed by atoms with Crippen molar-refractivity contribution in [2.24, 2.45) is 0 Å². The summed E-state index contributed by atoms with van der Waals surface area (Å²) < 4.78 is 6.36. The maximum Gasteiger partial charge on any atom is 0.255 e. The number of ether oxygens (including phenoxy) is 1.